The fourth-order valence-electron chi connectivity index (χ4n) is 3.43. The summed E-state index contributed by atoms with van der Waals surface area (Å²) in [6.07, 6.45) is 1.41. The normalized spacial score (nSPS) is 14.4. The molecule has 0 fully saturated rings. The van der Waals surface area contributed by atoms with Gasteiger partial charge in [-0.2, -0.15) is 0 Å². The van der Waals surface area contributed by atoms with Gasteiger partial charge in [0.2, 0.25) is 0 Å². The average Bonchev–Trinajstić information content (AvgIpc) is 2.78. The smallest absolute Gasteiger partial charge is 0.292 e. The van der Waals surface area contributed by atoms with Crippen LogP contribution in [0.4, 0.5) is 10.1 Å². The minimum Gasteiger partial charge on any atom is -0.506 e. The number of hydrogen-bond donors (Lipinski definition) is 2. The number of phenolic OH excluding ortho intramolecular Hbond substituents is 1. The second kappa shape index (κ2) is 8.86. The topological polar surface area (TPSA) is 95.9 Å². The van der Waals surface area contributed by atoms with Gasteiger partial charge in [0, 0.05) is 0 Å². The first-order valence-corrected chi connectivity index (χ1v) is 11.5. The number of nitrogens with one attached hydrogen (secondary N) is 1. The molecule has 2 N–H and O–H groups in total. The maximum Gasteiger partial charge on any atom is 0.292 e. The zero-order chi connectivity index (χ0) is 23.8. The SMILES string of the molecule is Cc1c(N2C(C(=O)NOCc3cccc(F)c3)=Cc3ccccc3S2(=O)=O)ccc(O)c1Cl. The van der Waals surface area contributed by atoms with Crippen LogP contribution in [0.3, 0.4) is 0 Å². The van der Waals surface area contributed by atoms with Crippen LogP contribution in [0.25, 0.3) is 6.08 Å². The first-order valence-electron chi connectivity index (χ1n) is 9.71. The summed E-state index contributed by atoms with van der Waals surface area (Å²) in [7, 11) is -4.21. The van der Waals surface area contributed by atoms with Crippen molar-refractivity contribution in [2.75, 3.05) is 4.31 Å². The van der Waals surface area contributed by atoms with Gasteiger partial charge >= 0.3 is 0 Å². The number of nitrogens with zero attached hydrogens (tertiary/aromatic N) is 1. The quantitative estimate of drug-likeness (QED) is 0.522. The number of carbonyl (C=O) groups is 1. The van der Waals surface area contributed by atoms with Crippen LogP contribution in [0.15, 0.2) is 71.3 Å². The highest BCUT2D eigenvalue weighted by Gasteiger charge is 2.38. The van der Waals surface area contributed by atoms with E-state index >= 15 is 0 Å². The fourth-order valence-corrected chi connectivity index (χ4v) is 5.31. The largest absolute Gasteiger partial charge is 0.506 e. The number of hydroxylamine groups is 1. The summed E-state index contributed by atoms with van der Waals surface area (Å²) in [6, 6.07) is 14.5. The molecular formula is C23H18ClFN2O5S. The van der Waals surface area contributed by atoms with Crippen molar-refractivity contribution >= 4 is 39.3 Å². The van der Waals surface area contributed by atoms with Crippen LogP contribution in [0, 0.1) is 12.7 Å². The van der Waals surface area contributed by atoms with Crippen LogP contribution >= 0.6 is 11.6 Å². The van der Waals surface area contributed by atoms with E-state index in [1.54, 1.807) is 24.3 Å². The Kier molecular flexibility index (Phi) is 6.11. The Hall–Kier alpha value is -3.40. The van der Waals surface area contributed by atoms with Gasteiger partial charge in [-0.25, -0.2) is 22.6 Å². The fraction of sp³-hybridized carbons (Fsp3) is 0.0870. The van der Waals surface area contributed by atoms with Crippen molar-refractivity contribution in [1.29, 1.82) is 0 Å². The van der Waals surface area contributed by atoms with Crippen LogP contribution in [0.5, 0.6) is 5.75 Å². The summed E-state index contributed by atoms with van der Waals surface area (Å²) in [5.74, 6) is -1.51. The number of sulfonamides is 1. The van der Waals surface area contributed by atoms with Gasteiger partial charge in [0.1, 0.15) is 17.3 Å². The summed E-state index contributed by atoms with van der Waals surface area (Å²) in [4.78, 5) is 18.2. The van der Waals surface area contributed by atoms with Gasteiger partial charge in [0.25, 0.3) is 15.9 Å². The van der Waals surface area contributed by atoms with Crippen molar-refractivity contribution in [2.24, 2.45) is 0 Å². The van der Waals surface area contributed by atoms with Crippen LogP contribution in [0.2, 0.25) is 5.02 Å². The highest BCUT2D eigenvalue weighted by Crippen LogP contribution is 2.41. The lowest BCUT2D eigenvalue weighted by Crippen LogP contribution is -2.41. The molecule has 170 valence electrons. The number of rotatable bonds is 5. The van der Waals surface area contributed by atoms with Crippen LogP contribution in [-0.2, 0) is 26.3 Å². The molecule has 1 aliphatic heterocycles. The minimum atomic E-state index is -4.21. The third-order valence-electron chi connectivity index (χ3n) is 5.03. The highest BCUT2D eigenvalue weighted by atomic mass is 35.5. The first kappa shape index (κ1) is 22.8. The summed E-state index contributed by atoms with van der Waals surface area (Å²) in [5, 5.41) is 9.85. The van der Waals surface area contributed by atoms with E-state index in [1.807, 2.05) is 0 Å². The second-order valence-electron chi connectivity index (χ2n) is 7.23. The lowest BCUT2D eigenvalue weighted by Gasteiger charge is -2.31. The summed E-state index contributed by atoms with van der Waals surface area (Å²) in [5.41, 5.74) is 3.14. The van der Waals surface area contributed by atoms with E-state index in [1.165, 1.54) is 49.4 Å². The van der Waals surface area contributed by atoms with Crippen LogP contribution < -0.4 is 9.79 Å². The van der Waals surface area contributed by atoms with Gasteiger partial charge in [0.05, 0.1) is 22.2 Å². The maximum atomic E-state index is 13.5. The molecule has 0 bridgehead atoms. The van der Waals surface area contributed by atoms with E-state index in [2.05, 4.69) is 5.48 Å². The van der Waals surface area contributed by atoms with E-state index in [9.17, 15) is 22.7 Å². The molecule has 1 aliphatic rings. The Labute approximate surface area is 194 Å². The van der Waals surface area contributed by atoms with Crippen molar-refractivity contribution in [2.45, 2.75) is 18.4 Å². The van der Waals surface area contributed by atoms with Crippen molar-refractivity contribution in [3.63, 3.8) is 0 Å². The van der Waals surface area contributed by atoms with Crippen molar-refractivity contribution in [1.82, 2.24) is 5.48 Å². The molecule has 1 heterocycles. The van der Waals surface area contributed by atoms with E-state index in [4.69, 9.17) is 16.4 Å². The number of benzene rings is 3. The Balaban J connectivity index is 1.72. The standard InChI is InChI=1S/C23H18ClFN2O5S/c1-14-18(9-10-20(28)22(14)24)27-19(12-16-6-2-3-8-21(16)33(27,30)31)23(29)26-32-13-15-5-4-7-17(25)11-15/h2-12,28H,13H2,1H3,(H,26,29). The molecule has 0 aliphatic carbocycles. The number of phenols is 1. The minimum absolute atomic E-state index is 0.00539. The molecule has 4 rings (SSSR count). The second-order valence-corrected chi connectivity index (χ2v) is 9.36. The number of anilines is 1. The molecule has 33 heavy (non-hydrogen) atoms. The summed E-state index contributed by atoms with van der Waals surface area (Å²) in [6.45, 7) is 1.40. The Morgan fingerprint density at radius 2 is 1.91 bits per heavy atom. The first-order chi connectivity index (χ1) is 15.7. The third-order valence-corrected chi connectivity index (χ3v) is 7.31. The number of fused-ring (bicyclic) bond motifs is 1. The Morgan fingerprint density at radius 1 is 1.15 bits per heavy atom. The van der Waals surface area contributed by atoms with Gasteiger partial charge < -0.3 is 5.11 Å². The molecule has 10 heteroatoms. The van der Waals surface area contributed by atoms with Crippen molar-refractivity contribution in [3.8, 4) is 5.75 Å². The van der Waals surface area contributed by atoms with Gasteiger partial charge in [-0.3, -0.25) is 9.63 Å². The summed E-state index contributed by atoms with van der Waals surface area (Å²) >= 11 is 6.14. The molecule has 0 aromatic heterocycles. The van der Waals surface area contributed by atoms with E-state index < -0.39 is 21.7 Å². The van der Waals surface area contributed by atoms with Crippen LogP contribution in [-0.4, -0.2) is 19.4 Å². The molecule has 7 nitrogen and oxygen atoms in total. The molecule has 0 saturated carbocycles. The van der Waals surface area contributed by atoms with Gasteiger partial charge in [-0.15, -0.1) is 0 Å². The molecule has 0 saturated heterocycles. The molecular weight excluding hydrogens is 471 g/mol. The van der Waals surface area contributed by atoms with E-state index in [-0.39, 0.29) is 39.2 Å². The number of aromatic hydroxyl groups is 1. The Morgan fingerprint density at radius 3 is 2.67 bits per heavy atom. The van der Waals surface area contributed by atoms with Crippen molar-refractivity contribution in [3.05, 3.63) is 93.9 Å². The highest BCUT2D eigenvalue weighted by molar-refractivity contribution is 7.93. The summed E-state index contributed by atoms with van der Waals surface area (Å²) < 4.78 is 41.2. The number of amides is 1. The number of hydrogen-bond acceptors (Lipinski definition) is 5. The van der Waals surface area contributed by atoms with E-state index in [0.717, 1.165) is 4.31 Å². The zero-order valence-corrected chi connectivity index (χ0v) is 18.8. The molecule has 0 atom stereocenters. The lowest BCUT2D eigenvalue weighted by molar-refractivity contribution is -0.130. The number of halogens is 2. The average molecular weight is 489 g/mol. The monoisotopic (exact) mass is 488 g/mol. The zero-order valence-electron chi connectivity index (χ0n) is 17.2. The predicted octanol–water partition coefficient (Wildman–Crippen LogP) is 4.29. The molecule has 0 unspecified atom stereocenters. The number of carbonyl (C=O) groups excluding carboxylic acids is 1. The maximum absolute atomic E-state index is 13.5. The lowest BCUT2D eigenvalue weighted by atomic mass is 10.1. The molecule has 0 spiro atoms. The Bertz CT molecular complexity index is 1390. The third kappa shape index (κ3) is 4.30. The van der Waals surface area contributed by atoms with Gasteiger partial charge in [-0.1, -0.05) is 41.9 Å². The van der Waals surface area contributed by atoms with Crippen LogP contribution in [0.1, 0.15) is 16.7 Å². The molecule has 3 aromatic carbocycles. The molecule has 0 radical (unpaired) electrons. The molecule has 1 amide bonds. The predicted molar refractivity (Wildman–Crippen MR) is 121 cm³/mol. The molecule has 3 aromatic rings. The van der Waals surface area contributed by atoms with Crippen molar-refractivity contribution < 1.29 is 27.5 Å². The van der Waals surface area contributed by atoms with Gasteiger partial charge in [-0.05, 0) is 60.0 Å². The van der Waals surface area contributed by atoms with Gasteiger partial charge in [0.15, 0.2) is 0 Å². The van der Waals surface area contributed by atoms with E-state index in [0.29, 0.717) is 11.1 Å².